The van der Waals surface area contributed by atoms with Gasteiger partial charge in [0.1, 0.15) is 0 Å². The van der Waals surface area contributed by atoms with Crippen LogP contribution in [0.1, 0.15) is 37.7 Å². The number of aryl methyl sites for hydroxylation is 1. The number of likely N-dealkylation sites (tertiary alicyclic amines) is 2. The molecule has 1 aromatic carbocycles. The van der Waals surface area contributed by atoms with Crippen LogP contribution in [-0.2, 0) is 20.8 Å². The average Bonchev–Trinajstić information content (AvgIpc) is 3.04. The van der Waals surface area contributed by atoms with Crippen LogP contribution in [0.4, 0.5) is 0 Å². The number of piperidine rings is 1. The van der Waals surface area contributed by atoms with Gasteiger partial charge in [-0.05, 0) is 37.0 Å². The van der Waals surface area contributed by atoms with Gasteiger partial charge >= 0.3 is 0 Å². The molecule has 1 aromatic rings. The zero-order valence-corrected chi connectivity index (χ0v) is 15.9. The van der Waals surface area contributed by atoms with Gasteiger partial charge in [0.05, 0.1) is 14.2 Å². The Hall–Kier alpha value is -2.57. The molecule has 0 atom stereocenters. The minimum Gasteiger partial charge on any atom is -0.493 e. The predicted octanol–water partition coefficient (Wildman–Crippen LogP) is 1.78. The highest BCUT2D eigenvalue weighted by Crippen LogP contribution is 2.28. The fraction of sp³-hybridized carbons (Fsp3) is 0.550. The second-order valence-electron chi connectivity index (χ2n) is 6.96. The molecule has 3 amide bonds. The maximum absolute atomic E-state index is 12.5. The molecule has 2 aliphatic rings. The van der Waals surface area contributed by atoms with Gasteiger partial charge in [-0.1, -0.05) is 6.07 Å². The van der Waals surface area contributed by atoms with Gasteiger partial charge in [0, 0.05) is 38.4 Å². The van der Waals surface area contributed by atoms with E-state index < -0.39 is 0 Å². The molecule has 7 nitrogen and oxygen atoms in total. The van der Waals surface area contributed by atoms with Crippen molar-refractivity contribution < 1.29 is 23.9 Å². The van der Waals surface area contributed by atoms with Crippen molar-refractivity contribution in [3.05, 3.63) is 23.8 Å². The maximum atomic E-state index is 12.5. The third kappa shape index (κ3) is 4.23. The smallest absolute Gasteiger partial charge is 0.229 e. The number of benzene rings is 1. The molecule has 0 bridgehead atoms. The van der Waals surface area contributed by atoms with Crippen molar-refractivity contribution in [1.29, 1.82) is 0 Å². The molecule has 146 valence electrons. The molecular weight excluding hydrogens is 348 g/mol. The van der Waals surface area contributed by atoms with E-state index in [1.807, 2.05) is 23.1 Å². The molecule has 0 N–H and O–H groups in total. The summed E-state index contributed by atoms with van der Waals surface area (Å²) in [6.07, 6.45) is 3.02. The van der Waals surface area contributed by atoms with Crippen molar-refractivity contribution in [2.24, 2.45) is 0 Å². The molecule has 0 saturated carbocycles. The molecule has 2 aliphatic heterocycles. The molecule has 7 heteroatoms. The number of amides is 3. The van der Waals surface area contributed by atoms with Crippen LogP contribution in [0, 0.1) is 0 Å². The molecule has 0 aliphatic carbocycles. The van der Waals surface area contributed by atoms with Crippen LogP contribution in [-0.4, -0.2) is 60.9 Å². The van der Waals surface area contributed by atoms with E-state index in [0.29, 0.717) is 63.1 Å². The highest BCUT2D eigenvalue weighted by atomic mass is 16.5. The minimum atomic E-state index is -0.0711. The summed E-state index contributed by atoms with van der Waals surface area (Å²) in [5.41, 5.74) is 1.02. The first-order chi connectivity index (χ1) is 13.0. The SMILES string of the molecule is COc1ccc(CCC(=O)N2CCC(N3C(=O)CCC3=O)CC2)cc1OC. The summed E-state index contributed by atoms with van der Waals surface area (Å²) in [6, 6.07) is 5.62. The number of methoxy groups -OCH3 is 2. The summed E-state index contributed by atoms with van der Waals surface area (Å²) < 4.78 is 10.5. The molecule has 0 aromatic heterocycles. The fourth-order valence-electron chi connectivity index (χ4n) is 3.82. The van der Waals surface area contributed by atoms with E-state index in [2.05, 4.69) is 0 Å². The third-order valence-electron chi connectivity index (χ3n) is 5.35. The van der Waals surface area contributed by atoms with Crippen molar-refractivity contribution >= 4 is 17.7 Å². The Morgan fingerprint density at radius 1 is 1.04 bits per heavy atom. The standard InChI is InChI=1S/C20H26N2O5/c1-26-16-5-3-14(13-17(16)27-2)4-6-18(23)21-11-9-15(10-12-21)22-19(24)7-8-20(22)25/h3,5,13,15H,4,6-12H2,1-2H3. The number of ether oxygens (including phenoxy) is 2. The first kappa shape index (κ1) is 19.2. The first-order valence-corrected chi connectivity index (χ1v) is 9.37. The van der Waals surface area contributed by atoms with Crippen LogP contribution in [0.3, 0.4) is 0 Å². The number of hydrogen-bond acceptors (Lipinski definition) is 5. The fourth-order valence-corrected chi connectivity index (χ4v) is 3.82. The van der Waals surface area contributed by atoms with Crippen molar-refractivity contribution in [2.45, 2.75) is 44.6 Å². The molecule has 3 rings (SSSR count). The van der Waals surface area contributed by atoms with E-state index in [1.54, 1.807) is 14.2 Å². The predicted molar refractivity (Wildman–Crippen MR) is 98.6 cm³/mol. The Morgan fingerprint density at radius 2 is 1.67 bits per heavy atom. The number of carbonyl (C=O) groups is 3. The topological polar surface area (TPSA) is 76.2 Å². The van der Waals surface area contributed by atoms with Crippen molar-refractivity contribution in [3.8, 4) is 11.5 Å². The number of rotatable bonds is 6. The highest BCUT2D eigenvalue weighted by molar-refractivity contribution is 6.02. The normalized spacial score (nSPS) is 18.1. The van der Waals surface area contributed by atoms with E-state index in [9.17, 15) is 14.4 Å². The highest BCUT2D eigenvalue weighted by Gasteiger charge is 2.37. The Kier molecular flexibility index (Phi) is 5.98. The Balaban J connectivity index is 1.50. The van der Waals surface area contributed by atoms with E-state index in [4.69, 9.17) is 9.47 Å². The van der Waals surface area contributed by atoms with Gasteiger partial charge in [0.25, 0.3) is 0 Å². The Morgan fingerprint density at radius 3 is 2.26 bits per heavy atom. The number of imide groups is 1. The van der Waals surface area contributed by atoms with Crippen LogP contribution in [0.25, 0.3) is 0 Å². The summed E-state index contributed by atoms with van der Waals surface area (Å²) in [5, 5.41) is 0. The Bertz CT molecular complexity index is 709. The van der Waals surface area contributed by atoms with Crippen LogP contribution in [0.5, 0.6) is 11.5 Å². The molecule has 0 radical (unpaired) electrons. The molecule has 0 unspecified atom stereocenters. The van der Waals surface area contributed by atoms with Crippen LogP contribution in [0.2, 0.25) is 0 Å². The van der Waals surface area contributed by atoms with Gasteiger partial charge in [-0.15, -0.1) is 0 Å². The molecular formula is C20H26N2O5. The minimum absolute atomic E-state index is 0.0533. The number of carbonyl (C=O) groups excluding carboxylic acids is 3. The molecule has 2 heterocycles. The second-order valence-corrected chi connectivity index (χ2v) is 6.96. The van der Waals surface area contributed by atoms with Gasteiger partial charge in [0.15, 0.2) is 11.5 Å². The van der Waals surface area contributed by atoms with Gasteiger partial charge in [-0.3, -0.25) is 19.3 Å². The van der Waals surface area contributed by atoms with Crippen LogP contribution in [0.15, 0.2) is 18.2 Å². The van der Waals surface area contributed by atoms with E-state index >= 15 is 0 Å². The molecule has 0 spiro atoms. The quantitative estimate of drug-likeness (QED) is 0.710. The third-order valence-corrected chi connectivity index (χ3v) is 5.35. The summed E-state index contributed by atoms with van der Waals surface area (Å²) in [6.45, 7) is 1.18. The van der Waals surface area contributed by atoms with Gasteiger partial charge in [-0.2, -0.15) is 0 Å². The van der Waals surface area contributed by atoms with Crippen LogP contribution < -0.4 is 9.47 Å². The number of nitrogens with zero attached hydrogens (tertiary/aromatic N) is 2. The van der Waals surface area contributed by atoms with E-state index in [-0.39, 0.29) is 23.8 Å². The molecule has 2 saturated heterocycles. The molecule has 2 fully saturated rings. The lowest BCUT2D eigenvalue weighted by Crippen LogP contribution is -2.48. The molecule has 27 heavy (non-hydrogen) atoms. The van der Waals surface area contributed by atoms with Gasteiger partial charge in [0.2, 0.25) is 17.7 Å². The number of hydrogen-bond donors (Lipinski definition) is 0. The second kappa shape index (κ2) is 8.41. The zero-order valence-electron chi connectivity index (χ0n) is 15.9. The van der Waals surface area contributed by atoms with Crippen molar-refractivity contribution in [2.75, 3.05) is 27.3 Å². The lowest BCUT2D eigenvalue weighted by atomic mass is 10.0. The summed E-state index contributed by atoms with van der Waals surface area (Å²) in [7, 11) is 3.18. The van der Waals surface area contributed by atoms with E-state index in [0.717, 1.165) is 5.56 Å². The van der Waals surface area contributed by atoms with Crippen molar-refractivity contribution in [3.63, 3.8) is 0 Å². The summed E-state index contributed by atoms with van der Waals surface area (Å²) in [5.74, 6) is 1.28. The van der Waals surface area contributed by atoms with Gasteiger partial charge < -0.3 is 14.4 Å². The maximum Gasteiger partial charge on any atom is 0.229 e. The monoisotopic (exact) mass is 374 g/mol. The lowest BCUT2D eigenvalue weighted by molar-refractivity contribution is -0.142. The van der Waals surface area contributed by atoms with Crippen molar-refractivity contribution in [1.82, 2.24) is 9.80 Å². The van der Waals surface area contributed by atoms with E-state index in [1.165, 1.54) is 4.90 Å². The lowest BCUT2D eigenvalue weighted by Gasteiger charge is -2.35. The largest absolute Gasteiger partial charge is 0.493 e. The summed E-state index contributed by atoms with van der Waals surface area (Å²) in [4.78, 5) is 39.5. The van der Waals surface area contributed by atoms with Crippen LogP contribution >= 0.6 is 0 Å². The first-order valence-electron chi connectivity index (χ1n) is 9.37. The summed E-state index contributed by atoms with van der Waals surface area (Å²) >= 11 is 0. The average molecular weight is 374 g/mol. The zero-order chi connectivity index (χ0) is 19.4. The van der Waals surface area contributed by atoms with Gasteiger partial charge in [-0.25, -0.2) is 0 Å². The Labute approximate surface area is 159 Å².